The molecule has 142 valence electrons. The number of nitrogens with one attached hydrogen (secondary N) is 2. The van der Waals surface area contributed by atoms with Gasteiger partial charge in [0.15, 0.2) is 0 Å². The molecule has 0 fully saturated rings. The normalized spacial score (nSPS) is 17.0. The summed E-state index contributed by atoms with van der Waals surface area (Å²) < 4.78 is 15.8. The Morgan fingerprint density at radius 3 is 2.65 bits per heavy atom. The zero-order valence-corrected chi connectivity index (χ0v) is 16.0. The van der Waals surface area contributed by atoms with Crippen LogP contribution in [0.1, 0.15) is 32.4 Å². The summed E-state index contributed by atoms with van der Waals surface area (Å²) in [6, 6.07) is 3.99. The van der Waals surface area contributed by atoms with Crippen molar-refractivity contribution in [2.75, 3.05) is 20.3 Å². The number of hydrogen-bond donors (Lipinski definition) is 2. The highest BCUT2D eigenvalue weighted by Crippen LogP contribution is 2.32. The molecule has 0 radical (unpaired) electrons. The molecule has 0 aromatic heterocycles. The molecule has 2 rings (SSSR count). The minimum absolute atomic E-state index is 0.0551. The molecule has 0 bridgehead atoms. The maximum Gasteiger partial charge on any atom is 0.338 e. The Bertz CT molecular complexity index is 718. The third-order valence-corrected chi connectivity index (χ3v) is 4.06. The van der Waals surface area contributed by atoms with Crippen LogP contribution in [0.4, 0.5) is 4.79 Å². The highest BCUT2D eigenvalue weighted by Gasteiger charge is 2.32. The topological polar surface area (TPSA) is 85.9 Å². The van der Waals surface area contributed by atoms with Crippen LogP contribution in [0, 0.1) is 0 Å². The van der Waals surface area contributed by atoms with Crippen molar-refractivity contribution in [3.63, 3.8) is 0 Å². The number of urea groups is 1. The molecule has 1 aromatic rings. The molecule has 7 nitrogen and oxygen atoms in total. The van der Waals surface area contributed by atoms with E-state index in [2.05, 4.69) is 10.6 Å². The first-order chi connectivity index (χ1) is 12.3. The van der Waals surface area contributed by atoms with Crippen molar-refractivity contribution in [2.45, 2.75) is 32.9 Å². The van der Waals surface area contributed by atoms with Gasteiger partial charge in [0.25, 0.3) is 0 Å². The standard InChI is InChI=1S/C18H23ClN2O5/c1-10(2)25-7-8-26-17(22)15-11(3)20-18(23)21-16(15)12-5-6-14(24-4)13(19)9-12/h5-6,9-10,16H,7-8H2,1-4H3,(H2,20,21,23). The average molecular weight is 383 g/mol. The Balaban J connectivity index is 2.22. The maximum absolute atomic E-state index is 12.6. The van der Waals surface area contributed by atoms with Gasteiger partial charge in [-0.2, -0.15) is 0 Å². The highest BCUT2D eigenvalue weighted by molar-refractivity contribution is 6.32. The van der Waals surface area contributed by atoms with E-state index in [1.807, 2.05) is 13.8 Å². The summed E-state index contributed by atoms with van der Waals surface area (Å²) in [5.74, 6) is -0.0226. The van der Waals surface area contributed by atoms with Crippen LogP contribution in [0.25, 0.3) is 0 Å². The van der Waals surface area contributed by atoms with Gasteiger partial charge >= 0.3 is 12.0 Å². The second kappa shape index (κ2) is 8.91. The number of carbonyl (C=O) groups is 2. The molecule has 8 heteroatoms. The van der Waals surface area contributed by atoms with Crippen molar-refractivity contribution in [3.8, 4) is 5.75 Å². The van der Waals surface area contributed by atoms with Crippen molar-refractivity contribution in [1.29, 1.82) is 0 Å². The molecular formula is C18H23ClN2O5. The monoisotopic (exact) mass is 382 g/mol. The fraction of sp³-hybridized carbons (Fsp3) is 0.444. The molecule has 0 saturated carbocycles. The lowest BCUT2D eigenvalue weighted by Gasteiger charge is -2.28. The predicted octanol–water partition coefficient (Wildman–Crippen LogP) is 2.94. The van der Waals surface area contributed by atoms with E-state index in [0.29, 0.717) is 34.2 Å². The molecule has 0 aliphatic carbocycles. The third kappa shape index (κ3) is 4.89. The number of benzene rings is 1. The van der Waals surface area contributed by atoms with E-state index in [4.69, 9.17) is 25.8 Å². The maximum atomic E-state index is 12.6. The van der Waals surface area contributed by atoms with E-state index in [0.717, 1.165) is 0 Å². The number of allylic oxidation sites excluding steroid dienone is 1. The lowest BCUT2D eigenvalue weighted by Crippen LogP contribution is -2.45. The second-order valence-corrected chi connectivity index (χ2v) is 6.43. The summed E-state index contributed by atoms with van der Waals surface area (Å²) in [6.07, 6.45) is 0.0551. The van der Waals surface area contributed by atoms with Gasteiger partial charge in [0, 0.05) is 5.70 Å². The van der Waals surface area contributed by atoms with Gasteiger partial charge in [-0.15, -0.1) is 0 Å². The van der Waals surface area contributed by atoms with Crippen LogP contribution in [0.15, 0.2) is 29.5 Å². The van der Waals surface area contributed by atoms with E-state index in [1.165, 1.54) is 7.11 Å². The Morgan fingerprint density at radius 1 is 1.31 bits per heavy atom. The summed E-state index contributed by atoms with van der Waals surface area (Å²) in [6.45, 7) is 5.88. The molecule has 1 heterocycles. The molecule has 26 heavy (non-hydrogen) atoms. The van der Waals surface area contributed by atoms with Crippen LogP contribution in [-0.2, 0) is 14.3 Å². The molecule has 1 aromatic carbocycles. The minimum atomic E-state index is -0.675. The largest absolute Gasteiger partial charge is 0.495 e. The van der Waals surface area contributed by atoms with Gasteiger partial charge in [-0.1, -0.05) is 17.7 Å². The minimum Gasteiger partial charge on any atom is -0.495 e. The number of carbonyl (C=O) groups excluding carboxylic acids is 2. The fourth-order valence-corrected chi connectivity index (χ4v) is 2.84. The van der Waals surface area contributed by atoms with Gasteiger partial charge in [-0.25, -0.2) is 9.59 Å². The number of rotatable bonds is 7. The van der Waals surface area contributed by atoms with E-state index in [-0.39, 0.29) is 12.7 Å². The lowest BCUT2D eigenvalue weighted by atomic mass is 9.95. The number of amides is 2. The van der Waals surface area contributed by atoms with E-state index < -0.39 is 18.0 Å². The summed E-state index contributed by atoms with van der Waals surface area (Å²) in [7, 11) is 1.51. The first-order valence-corrected chi connectivity index (χ1v) is 8.61. The van der Waals surface area contributed by atoms with Crippen molar-refractivity contribution < 1.29 is 23.8 Å². The fourth-order valence-electron chi connectivity index (χ4n) is 2.57. The molecular weight excluding hydrogens is 360 g/mol. The summed E-state index contributed by atoms with van der Waals surface area (Å²) in [5, 5.41) is 5.71. The smallest absolute Gasteiger partial charge is 0.338 e. The number of methoxy groups -OCH3 is 1. The molecule has 1 unspecified atom stereocenters. The van der Waals surface area contributed by atoms with Gasteiger partial charge < -0.3 is 24.8 Å². The lowest BCUT2D eigenvalue weighted by molar-refractivity contribution is -0.141. The zero-order valence-electron chi connectivity index (χ0n) is 15.2. The van der Waals surface area contributed by atoms with Gasteiger partial charge in [0.05, 0.1) is 36.5 Å². The predicted molar refractivity (Wildman–Crippen MR) is 97.2 cm³/mol. The van der Waals surface area contributed by atoms with E-state index in [1.54, 1.807) is 25.1 Å². The molecule has 2 N–H and O–H groups in total. The molecule has 0 spiro atoms. The van der Waals surface area contributed by atoms with Crippen LogP contribution in [0.3, 0.4) is 0 Å². The van der Waals surface area contributed by atoms with Crippen molar-refractivity contribution >= 4 is 23.6 Å². The summed E-state index contributed by atoms with van der Waals surface area (Å²) >= 11 is 6.18. The number of halogens is 1. The van der Waals surface area contributed by atoms with Gasteiger partial charge in [0.1, 0.15) is 12.4 Å². The van der Waals surface area contributed by atoms with Crippen LogP contribution in [0.2, 0.25) is 5.02 Å². The first kappa shape index (κ1) is 20.1. The van der Waals surface area contributed by atoms with Crippen LogP contribution >= 0.6 is 11.6 Å². The first-order valence-electron chi connectivity index (χ1n) is 8.24. The molecule has 0 saturated heterocycles. The molecule has 1 aliphatic rings. The quantitative estimate of drug-likeness (QED) is 0.559. The van der Waals surface area contributed by atoms with Gasteiger partial charge in [-0.05, 0) is 38.5 Å². The summed E-state index contributed by atoms with van der Waals surface area (Å²) in [4.78, 5) is 24.4. The van der Waals surface area contributed by atoms with Crippen molar-refractivity contribution in [1.82, 2.24) is 10.6 Å². The zero-order chi connectivity index (χ0) is 19.3. The Morgan fingerprint density at radius 2 is 2.04 bits per heavy atom. The Hall–Kier alpha value is -2.25. The molecule has 1 atom stereocenters. The van der Waals surface area contributed by atoms with Crippen LogP contribution in [0.5, 0.6) is 5.75 Å². The second-order valence-electron chi connectivity index (χ2n) is 6.02. The molecule has 1 aliphatic heterocycles. The highest BCUT2D eigenvalue weighted by atomic mass is 35.5. The Kier molecular flexibility index (Phi) is 6.88. The third-order valence-electron chi connectivity index (χ3n) is 3.77. The van der Waals surface area contributed by atoms with Gasteiger partial charge in [-0.3, -0.25) is 0 Å². The van der Waals surface area contributed by atoms with Crippen molar-refractivity contribution in [2.24, 2.45) is 0 Å². The summed E-state index contributed by atoms with van der Waals surface area (Å²) in [5.41, 5.74) is 1.39. The number of esters is 1. The number of hydrogen-bond acceptors (Lipinski definition) is 5. The van der Waals surface area contributed by atoms with Crippen LogP contribution < -0.4 is 15.4 Å². The SMILES string of the molecule is COc1ccc(C2NC(=O)NC(C)=C2C(=O)OCCOC(C)C)cc1Cl. The van der Waals surface area contributed by atoms with Crippen LogP contribution in [-0.4, -0.2) is 38.4 Å². The van der Waals surface area contributed by atoms with E-state index in [9.17, 15) is 9.59 Å². The van der Waals surface area contributed by atoms with Crippen molar-refractivity contribution in [3.05, 3.63) is 40.1 Å². The Labute approximate surface area is 157 Å². The van der Waals surface area contributed by atoms with Gasteiger partial charge in [0.2, 0.25) is 0 Å². The van der Waals surface area contributed by atoms with E-state index >= 15 is 0 Å². The molecule has 2 amide bonds. The average Bonchev–Trinajstić information content (AvgIpc) is 2.57. The number of ether oxygens (including phenoxy) is 3.